The molecule has 0 aliphatic heterocycles. The first kappa shape index (κ1) is 14.1. The second-order valence-electron chi connectivity index (χ2n) is 3.50. The number of carbonyl (C=O) groups is 2. The molecule has 1 amide bonds. The van der Waals surface area contributed by atoms with E-state index in [0.29, 0.717) is 0 Å². The van der Waals surface area contributed by atoms with Gasteiger partial charge in [0.2, 0.25) is 0 Å². The van der Waals surface area contributed by atoms with Gasteiger partial charge in [-0.1, -0.05) is 6.07 Å². The second kappa shape index (κ2) is 6.09. The molecule has 1 aromatic rings. The molecule has 0 bridgehead atoms. The summed E-state index contributed by atoms with van der Waals surface area (Å²) in [7, 11) is 1.18. The molecule has 0 saturated carbocycles. The van der Waals surface area contributed by atoms with Crippen LogP contribution in [0.2, 0.25) is 0 Å². The number of benzene rings is 1. The molecule has 6 heteroatoms. The summed E-state index contributed by atoms with van der Waals surface area (Å²) in [5.74, 6) is -3.69. The quantitative estimate of drug-likeness (QED) is 0.770. The van der Waals surface area contributed by atoms with E-state index >= 15 is 0 Å². The Balaban J connectivity index is 2.97. The molecule has 0 heterocycles. The second-order valence-corrected chi connectivity index (χ2v) is 3.50. The fourth-order valence-electron chi connectivity index (χ4n) is 1.39. The lowest BCUT2D eigenvalue weighted by Gasteiger charge is -2.19. The Morgan fingerprint density at radius 2 is 2.00 bits per heavy atom. The van der Waals surface area contributed by atoms with E-state index in [2.05, 4.69) is 4.74 Å². The van der Waals surface area contributed by atoms with Crippen LogP contribution in [0.5, 0.6) is 0 Å². The highest BCUT2D eigenvalue weighted by atomic mass is 19.2. The van der Waals surface area contributed by atoms with Gasteiger partial charge in [-0.05, 0) is 19.1 Å². The highest BCUT2D eigenvalue weighted by Crippen LogP contribution is 2.13. The monoisotopic (exact) mass is 257 g/mol. The lowest BCUT2D eigenvalue weighted by Crippen LogP contribution is -2.36. The minimum absolute atomic E-state index is 0.184. The average Bonchev–Trinajstić information content (AvgIpc) is 2.38. The number of nitrogens with zero attached hydrogens (tertiary/aromatic N) is 1. The maximum atomic E-state index is 13.4. The SMILES string of the molecule is CCN(CC(=O)OC)C(=O)c1cccc(F)c1F. The smallest absolute Gasteiger partial charge is 0.325 e. The molecule has 0 aromatic heterocycles. The summed E-state index contributed by atoms with van der Waals surface area (Å²) in [5, 5.41) is 0. The Bertz CT molecular complexity index is 463. The van der Waals surface area contributed by atoms with Crippen LogP contribution in [0.4, 0.5) is 8.78 Å². The van der Waals surface area contributed by atoms with E-state index in [1.54, 1.807) is 6.92 Å². The summed E-state index contributed by atoms with van der Waals surface area (Å²) in [6.45, 7) is 1.50. The molecule has 0 fully saturated rings. The number of hydrogen-bond acceptors (Lipinski definition) is 3. The van der Waals surface area contributed by atoms with Gasteiger partial charge in [-0.3, -0.25) is 9.59 Å². The summed E-state index contributed by atoms with van der Waals surface area (Å²) >= 11 is 0. The summed E-state index contributed by atoms with van der Waals surface area (Å²) in [6, 6.07) is 3.32. The minimum Gasteiger partial charge on any atom is -0.468 e. The Morgan fingerprint density at radius 3 is 2.56 bits per heavy atom. The van der Waals surface area contributed by atoms with Gasteiger partial charge >= 0.3 is 5.97 Å². The van der Waals surface area contributed by atoms with Crippen molar-refractivity contribution in [3.63, 3.8) is 0 Å². The third-order valence-electron chi connectivity index (χ3n) is 2.40. The van der Waals surface area contributed by atoms with Crippen LogP contribution in [-0.2, 0) is 9.53 Å². The molecular weight excluding hydrogens is 244 g/mol. The van der Waals surface area contributed by atoms with Gasteiger partial charge in [0.15, 0.2) is 11.6 Å². The Morgan fingerprint density at radius 1 is 1.33 bits per heavy atom. The third kappa shape index (κ3) is 3.03. The summed E-state index contributed by atoms with van der Waals surface area (Å²) in [5.41, 5.74) is -0.402. The Labute approximate surface area is 103 Å². The molecule has 0 aliphatic rings. The van der Waals surface area contributed by atoms with Crippen LogP contribution in [0.1, 0.15) is 17.3 Å². The van der Waals surface area contributed by atoms with Crippen LogP contribution in [0.25, 0.3) is 0 Å². The van der Waals surface area contributed by atoms with E-state index in [0.717, 1.165) is 11.0 Å². The zero-order chi connectivity index (χ0) is 13.7. The van der Waals surface area contributed by atoms with E-state index in [9.17, 15) is 18.4 Å². The zero-order valence-electron chi connectivity index (χ0n) is 10.1. The predicted octanol–water partition coefficient (Wildman–Crippen LogP) is 1.60. The summed E-state index contributed by atoms with van der Waals surface area (Å²) in [6.07, 6.45) is 0. The number of amides is 1. The molecule has 18 heavy (non-hydrogen) atoms. The van der Waals surface area contributed by atoms with Crippen molar-refractivity contribution in [1.82, 2.24) is 4.90 Å². The normalized spacial score (nSPS) is 10.0. The zero-order valence-corrected chi connectivity index (χ0v) is 10.1. The molecule has 0 unspecified atom stereocenters. The average molecular weight is 257 g/mol. The number of halogens is 2. The summed E-state index contributed by atoms with van der Waals surface area (Å²) in [4.78, 5) is 24.1. The Kier molecular flexibility index (Phi) is 4.76. The van der Waals surface area contributed by atoms with Crippen LogP contribution in [-0.4, -0.2) is 37.0 Å². The van der Waals surface area contributed by atoms with Gasteiger partial charge in [0.1, 0.15) is 6.54 Å². The van der Waals surface area contributed by atoms with Crippen molar-refractivity contribution in [2.75, 3.05) is 20.2 Å². The molecule has 0 atom stereocenters. The number of hydrogen-bond donors (Lipinski definition) is 0. The van der Waals surface area contributed by atoms with Crippen molar-refractivity contribution in [2.24, 2.45) is 0 Å². The number of likely N-dealkylation sites (N-methyl/N-ethyl adjacent to an activating group) is 1. The minimum atomic E-state index is -1.22. The van der Waals surface area contributed by atoms with Crippen LogP contribution in [0, 0.1) is 11.6 Å². The molecule has 0 radical (unpaired) electrons. The molecule has 1 aromatic carbocycles. The standard InChI is InChI=1S/C12H13F2NO3/c1-3-15(7-10(16)18-2)12(17)8-5-4-6-9(13)11(8)14/h4-6H,3,7H2,1-2H3. The third-order valence-corrected chi connectivity index (χ3v) is 2.40. The molecule has 98 valence electrons. The lowest BCUT2D eigenvalue weighted by atomic mass is 10.1. The van der Waals surface area contributed by atoms with Crippen LogP contribution < -0.4 is 0 Å². The maximum absolute atomic E-state index is 13.4. The Hall–Kier alpha value is -1.98. The highest BCUT2D eigenvalue weighted by Gasteiger charge is 2.22. The highest BCUT2D eigenvalue weighted by molar-refractivity contribution is 5.96. The predicted molar refractivity (Wildman–Crippen MR) is 60.0 cm³/mol. The molecule has 0 N–H and O–H groups in total. The van der Waals surface area contributed by atoms with Crippen molar-refractivity contribution < 1.29 is 23.1 Å². The number of esters is 1. The van der Waals surface area contributed by atoms with Crippen LogP contribution in [0.3, 0.4) is 0 Å². The van der Waals surface area contributed by atoms with Crippen LogP contribution >= 0.6 is 0 Å². The van der Waals surface area contributed by atoms with Gasteiger partial charge < -0.3 is 9.64 Å². The topological polar surface area (TPSA) is 46.6 Å². The van der Waals surface area contributed by atoms with Crippen molar-refractivity contribution in [1.29, 1.82) is 0 Å². The van der Waals surface area contributed by atoms with E-state index in [1.165, 1.54) is 19.2 Å². The fourth-order valence-corrected chi connectivity index (χ4v) is 1.39. The van der Waals surface area contributed by atoms with Gasteiger partial charge in [-0.2, -0.15) is 0 Å². The number of ether oxygens (including phenoxy) is 1. The first-order valence-corrected chi connectivity index (χ1v) is 5.31. The van der Waals surface area contributed by atoms with Gasteiger partial charge in [0.05, 0.1) is 12.7 Å². The summed E-state index contributed by atoms with van der Waals surface area (Å²) < 4.78 is 30.8. The van der Waals surface area contributed by atoms with Gasteiger partial charge in [0, 0.05) is 6.54 Å². The molecule has 0 aliphatic carbocycles. The largest absolute Gasteiger partial charge is 0.468 e. The van der Waals surface area contributed by atoms with E-state index in [4.69, 9.17) is 0 Å². The van der Waals surface area contributed by atoms with E-state index < -0.39 is 29.1 Å². The van der Waals surface area contributed by atoms with E-state index in [1.807, 2.05) is 0 Å². The van der Waals surface area contributed by atoms with Gasteiger partial charge in [-0.15, -0.1) is 0 Å². The first-order valence-electron chi connectivity index (χ1n) is 5.31. The number of carbonyl (C=O) groups excluding carboxylic acids is 2. The van der Waals surface area contributed by atoms with Crippen molar-refractivity contribution in [3.05, 3.63) is 35.4 Å². The van der Waals surface area contributed by atoms with Crippen molar-refractivity contribution >= 4 is 11.9 Å². The first-order chi connectivity index (χ1) is 8.51. The lowest BCUT2D eigenvalue weighted by molar-refractivity contribution is -0.141. The molecular formula is C12H13F2NO3. The van der Waals surface area contributed by atoms with E-state index in [-0.39, 0.29) is 13.1 Å². The maximum Gasteiger partial charge on any atom is 0.325 e. The number of rotatable bonds is 4. The molecule has 1 rings (SSSR count). The van der Waals surface area contributed by atoms with Gasteiger partial charge in [0.25, 0.3) is 5.91 Å². The molecule has 4 nitrogen and oxygen atoms in total. The van der Waals surface area contributed by atoms with Crippen molar-refractivity contribution in [2.45, 2.75) is 6.92 Å². The number of methoxy groups -OCH3 is 1. The van der Waals surface area contributed by atoms with Crippen LogP contribution in [0.15, 0.2) is 18.2 Å². The van der Waals surface area contributed by atoms with Gasteiger partial charge in [-0.25, -0.2) is 8.78 Å². The molecule has 0 spiro atoms. The van der Waals surface area contributed by atoms with Crippen molar-refractivity contribution in [3.8, 4) is 0 Å². The molecule has 0 saturated heterocycles. The fraction of sp³-hybridized carbons (Fsp3) is 0.333.